The van der Waals surface area contributed by atoms with Gasteiger partial charge in [-0.3, -0.25) is 4.79 Å². The summed E-state index contributed by atoms with van der Waals surface area (Å²) in [5, 5.41) is 2.51. The van der Waals surface area contributed by atoms with Crippen LogP contribution >= 0.6 is 24.0 Å². The van der Waals surface area contributed by atoms with Gasteiger partial charge in [0.05, 0.1) is 11.5 Å². The van der Waals surface area contributed by atoms with E-state index in [4.69, 9.17) is 17.0 Å². The minimum absolute atomic E-state index is 0.107. The molecule has 5 heteroatoms. The number of thioether (sulfide) groups is 1. The molecule has 3 rings (SSSR count). The number of carbonyl (C=O) groups excluding carboxylic acids is 1. The highest BCUT2D eigenvalue weighted by molar-refractivity contribution is 8.19. The summed E-state index contributed by atoms with van der Waals surface area (Å²) in [4.78, 5) is 12.6. The summed E-state index contributed by atoms with van der Waals surface area (Å²) in [7, 11) is 0. The van der Waals surface area contributed by atoms with Crippen molar-refractivity contribution in [2.75, 3.05) is 6.61 Å². The average molecular weight is 348 g/mol. The molecule has 3 nitrogen and oxygen atoms in total. The molecular formula is C18H21NO2S2. The number of ether oxygens (including phenoxy) is 1. The second kappa shape index (κ2) is 7.97. The smallest absolute Gasteiger partial charge is 0.289 e. The fraction of sp³-hybridized carbons (Fsp3) is 0.444. The van der Waals surface area contributed by atoms with Crippen molar-refractivity contribution in [3.63, 3.8) is 0 Å². The standard InChI is InChI=1S/C18H21NO2S2/c20-18-19-17(22)16(23-18)12-14-6-8-15(9-7-14)21-11-10-13-4-2-1-3-5-13/h6-9,12-13H,1-5,10-11H2,(H,19,20,22)/b16-12-. The van der Waals surface area contributed by atoms with Crippen molar-refractivity contribution < 1.29 is 9.53 Å². The Bertz CT molecular complexity index is 604. The van der Waals surface area contributed by atoms with Crippen molar-refractivity contribution in [2.24, 2.45) is 5.92 Å². The van der Waals surface area contributed by atoms with Gasteiger partial charge < -0.3 is 10.1 Å². The lowest BCUT2D eigenvalue weighted by atomic mass is 9.87. The lowest BCUT2D eigenvalue weighted by molar-refractivity contribution is 0.246. The molecule has 122 valence electrons. The summed E-state index contributed by atoms with van der Waals surface area (Å²) in [6.45, 7) is 0.795. The lowest BCUT2D eigenvalue weighted by Crippen LogP contribution is -2.15. The fourth-order valence-electron chi connectivity index (χ4n) is 3.05. The topological polar surface area (TPSA) is 38.3 Å². The van der Waals surface area contributed by atoms with Crippen molar-refractivity contribution in [1.29, 1.82) is 0 Å². The van der Waals surface area contributed by atoms with Gasteiger partial charge in [0.15, 0.2) is 0 Å². The molecule has 0 radical (unpaired) electrons. The van der Waals surface area contributed by atoms with Gasteiger partial charge in [-0.1, -0.05) is 56.5 Å². The average Bonchev–Trinajstić information content (AvgIpc) is 2.88. The van der Waals surface area contributed by atoms with E-state index in [1.807, 2.05) is 30.3 Å². The number of nitrogens with one attached hydrogen (secondary N) is 1. The molecular weight excluding hydrogens is 326 g/mol. The summed E-state index contributed by atoms with van der Waals surface area (Å²) in [6.07, 6.45) is 9.97. The molecule has 0 unspecified atom stereocenters. The molecule has 2 fully saturated rings. The second-order valence-electron chi connectivity index (χ2n) is 6.06. The van der Waals surface area contributed by atoms with Crippen LogP contribution in [-0.4, -0.2) is 16.8 Å². The lowest BCUT2D eigenvalue weighted by Gasteiger charge is -2.21. The predicted octanol–water partition coefficient (Wildman–Crippen LogP) is 5.16. The van der Waals surface area contributed by atoms with Crippen LogP contribution in [0.15, 0.2) is 29.2 Å². The van der Waals surface area contributed by atoms with Crippen LogP contribution in [0.3, 0.4) is 0 Å². The zero-order chi connectivity index (χ0) is 16.1. The van der Waals surface area contributed by atoms with Crippen molar-refractivity contribution in [1.82, 2.24) is 5.32 Å². The molecule has 23 heavy (non-hydrogen) atoms. The normalized spacial score (nSPS) is 20.8. The van der Waals surface area contributed by atoms with Crippen molar-refractivity contribution in [2.45, 2.75) is 38.5 Å². The maximum atomic E-state index is 11.3. The highest BCUT2D eigenvalue weighted by Crippen LogP contribution is 2.28. The van der Waals surface area contributed by atoms with Gasteiger partial charge in [0.25, 0.3) is 5.24 Å². The van der Waals surface area contributed by atoms with E-state index in [1.54, 1.807) is 0 Å². The third-order valence-electron chi connectivity index (χ3n) is 4.34. The zero-order valence-corrected chi connectivity index (χ0v) is 14.7. The third-order valence-corrected chi connectivity index (χ3v) is 5.62. The molecule has 1 aliphatic carbocycles. The minimum atomic E-state index is -0.107. The number of hydrogen-bond donors (Lipinski definition) is 1. The van der Waals surface area contributed by atoms with Crippen LogP contribution in [0.5, 0.6) is 5.75 Å². The van der Waals surface area contributed by atoms with Crippen LogP contribution in [0, 0.1) is 5.92 Å². The molecule has 2 aliphatic rings. The maximum absolute atomic E-state index is 11.3. The summed E-state index contributed by atoms with van der Waals surface area (Å²) < 4.78 is 5.85. The molecule has 1 saturated heterocycles. The summed E-state index contributed by atoms with van der Waals surface area (Å²) in [6, 6.07) is 7.94. The van der Waals surface area contributed by atoms with Crippen LogP contribution in [0.25, 0.3) is 6.08 Å². The van der Waals surface area contributed by atoms with Crippen LogP contribution < -0.4 is 10.1 Å². The van der Waals surface area contributed by atoms with E-state index in [0.717, 1.165) is 46.9 Å². The van der Waals surface area contributed by atoms with E-state index < -0.39 is 0 Å². The number of amides is 1. The molecule has 1 aromatic rings. The van der Waals surface area contributed by atoms with E-state index in [0.29, 0.717) is 4.99 Å². The first kappa shape index (κ1) is 16.5. The Kier molecular flexibility index (Phi) is 5.73. The molecule has 0 bridgehead atoms. The van der Waals surface area contributed by atoms with Crippen molar-refractivity contribution >= 4 is 40.3 Å². The fourth-order valence-corrected chi connectivity index (χ4v) is 4.08. The molecule has 1 N–H and O–H groups in total. The molecule has 0 atom stereocenters. The molecule has 1 amide bonds. The summed E-state index contributed by atoms with van der Waals surface area (Å²) in [5.41, 5.74) is 1.02. The summed E-state index contributed by atoms with van der Waals surface area (Å²) >= 11 is 6.26. The van der Waals surface area contributed by atoms with Gasteiger partial charge in [-0.05, 0) is 47.9 Å². The molecule has 1 aromatic carbocycles. The van der Waals surface area contributed by atoms with Gasteiger partial charge >= 0.3 is 0 Å². The predicted molar refractivity (Wildman–Crippen MR) is 99.8 cm³/mol. The monoisotopic (exact) mass is 347 g/mol. The molecule has 1 heterocycles. The van der Waals surface area contributed by atoms with Crippen LogP contribution in [0.2, 0.25) is 0 Å². The Labute approximate surface area is 146 Å². The Morgan fingerprint density at radius 2 is 1.96 bits per heavy atom. The third kappa shape index (κ3) is 4.82. The van der Waals surface area contributed by atoms with Gasteiger partial charge in [0, 0.05) is 0 Å². The SMILES string of the molecule is O=C1NC(=S)/C(=C/c2ccc(OCCC3CCCCC3)cc2)S1. The first-order valence-electron chi connectivity index (χ1n) is 8.18. The van der Waals surface area contributed by atoms with Crippen LogP contribution in [-0.2, 0) is 0 Å². The van der Waals surface area contributed by atoms with Gasteiger partial charge in [-0.25, -0.2) is 0 Å². The second-order valence-corrected chi connectivity index (χ2v) is 7.49. The number of carbonyl (C=O) groups is 1. The highest BCUT2D eigenvalue weighted by Gasteiger charge is 2.21. The van der Waals surface area contributed by atoms with Crippen LogP contribution in [0.4, 0.5) is 4.79 Å². The number of rotatable bonds is 5. The number of thiocarbonyl (C=S) groups is 1. The highest BCUT2D eigenvalue weighted by atomic mass is 32.2. The Hall–Kier alpha value is -1.33. The van der Waals surface area contributed by atoms with E-state index in [1.165, 1.54) is 32.1 Å². The van der Waals surface area contributed by atoms with Gasteiger partial charge in [0.1, 0.15) is 10.7 Å². The van der Waals surface area contributed by atoms with E-state index in [-0.39, 0.29) is 5.24 Å². The molecule has 1 aliphatic heterocycles. The summed E-state index contributed by atoms with van der Waals surface area (Å²) in [5.74, 6) is 1.75. The maximum Gasteiger partial charge on any atom is 0.289 e. The minimum Gasteiger partial charge on any atom is -0.494 e. The van der Waals surface area contributed by atoms with E-state index in [2.05, 4.69) is 5.32 Å². The molecule has 0 aromatic heterocycles. The van der Waals surface area contributed by atoms with Crippen LogP contribution in [0.1, 0.15) is 44.1 Å². The first-order valence-corrected chi connectivity index (χ1v) is 9.41. The van der Waals surface area contributed by atoms with Crippen molar-refractivity contribution in [3.05, 3.63) is 34.7 Å². The largest absolute Gasteiger partial charge is 0.494 e. The number of hydrogen-bond acceptors (Lipinski definition) is 4. The van der Waals surface area contributed by atoms with E-state index >= 15 is 0 Å². The zero-order valence-electron chi connectivity index (χ0n) is 13.0. The van der Waals surface area contributed by atoms with E-state index in [9.17, 15) is 4.79 Å². The Morgan fingerprint density at radius 3 is 2.61 bits per heavy atom. The van der Waals surface area contributed by atoms with Gasteiger partial charge in [-0.15, -0.1) is 0 Å². The molecule has 1 saturated carbocycles. The first-order chi connectivity index (χ1) is 11.2. The number of benzene rings is 1. The van der Waals surface area contributed by atoms with Gasteiger partial charge in [0.2, 0.25) is 0 Å². The quantitative estimate of drug-likeness (QED) is 0.590. The Balaban J connectivity index is 1.50. The Morgan fingerprint density at radius 1 is 1.22 bits per heavy atom. The van der Waals surface area contributed by atoms with Crippen molar-refractivity contribution in [3.8, 4) is 5.75 Å². The van der Waals surface area contributed by atoms with Gasteiger partial charge in [-0.2, -0.15) is 0 Å². The molecule has 0 spiro atoms.